The zero-order chi connectivity index (χ0) is 19.8. The summed E-state index contributed by atoms with van der Waals surface area (Å²) < 4.78 is 10.2. The molecule has 0 radical (unpaired) electrons. The third-order valence-electron chi connectivity index (χ3n) is 4.05. The average Bonchev–Trinajstić information content (AvgIpc) is 2.68. The summed E-state index contributed by atoms with van der Waals surface area (Å²) >= 11 is 0. The van der Waals surface area contributed by atoms with Crippen molar-refractivity contribution >= 4 is 11.9 Å². The zero-order valence-corrected chi connectivity index (χ0v) is 15.5. The summed E-state index contributed by atoms with van der Waals surface area (Å²) in [5.74, 6) is -0.518. The highest BCUT2D eigenvalue weighted by molar-refractivity contribution is 5.69. The minimum Gasteiger partial charge on any atom is -0.508 e. The van der Waals surface area contributed by atoms with Gasteiger partial charge in [-0.15, -0.1) is 0 Å². The lowest BCUT2D eigenvalue weighted by molar-refractivity contribution is -0.145. The fraction of sp³-hybridized carbons (Fsp3) is 0.333. The summed E-state index contributed by atoms with van der Waals surface area (Å²) in [6.07, 6.45) is 1.10. The smallest absolute Gasteiger partial charge is 0.305 e. The van der Waals surface area contributed by atoms with Crippen LogP contribution >= 0.6 is 0 Å². The highest BCUT2D eigenvalue weighted by Gasteiger charge is 2.09. The molecule has 0 unspecified atom stereocenters. The van der Waals surface area contributed by atoms with Gasteiger partial charge in [-0.25, -0.2) is 0 Å². The first-order chi connectivity index (χ1) is 12.9. The number of hydrogen-bond acceptors (Lipinski definition) is 6. The second kappa shape index (κ2) is 9.62. The molecule has 6 nitrogen and oxygen atoms in total. The van der Waals surface area contributed by atoms with Crippen LogP contribution in [-0.2, 0) is 38.7 Å². The van der Waals surface area contributed by atoms with Gasteiger partial charge < -0.3 is 19.7 Å². The van der Waals surface area contributed by atoms with Crippen LogP contribution in [0.3, 0.4) is 0 Å². The Morgan fingerprint density at radius 1 is 0.778 bits per heavy atom. The Labute approximate surface area is 158 Å². The molecule has 0 bridgehead atoms. The van der Waals surface area contributed by atoms with Crippen molar-refractivity contribution in [1.82, 2.24) is 0 Å². The van der Waals surface area contributed by atoms with E-state index in [1.165, 1.54) is 0 Å². The molecule has 2 rings (SSSR count). The number of phenolic OH excluding ortho intramolecular Hbond substituents is 2. The monoisotopic (exact) mass is 372 g/mol. The molecule has 0 spiro atoms. The number of rotatable bonds is 8. The Hall–Kier alpha value is -3.02. The van der Waals surface area contributed by atoms with E-state index in [0.29, 0.717) is 17.5 Å². The first-order valence-electron chi connectivity index (χ1n) is 8.85. The van der Waals surface area contributed by atoms with Crippen LogP contribution in [0.2, 0.25) is 0 Å². The molecule has 0 aliphatic carbocycles. The van der Waals surface area contributed by atoms with Crippen molar-refractivity contribution in [2.75, 3.05) is 0 Å². The molecule has 6 heteroatoms. The Morgan fingerprint density at radius 2 is 1.19 bits per heavy atom. The maximum Gasteiger partial charge on any atom is 0.305 e. The van der Waals surface area contributed by atoms with Crippen LogP contribution in [0.15, 0.2) is 36.4 Å². The topological polar surface area (TPSA) is 93.1 Å². The van der Waals surface area contributed by atoms with Gasteiger partial charge in [0.05, 0.1) is 0 Å². The van der Waals surface area contributed by atoms with Crippen LogP contribution < -0.4 is 0 Å². The van der Waals surface area contributed by atoms with Crippen molar-refractivity contribution < 1.29 is 29.3 Å². The predicted octanol–water partition coefficient (Wildman–Crippen LogP) is 3.60. The van der Waals surface area contributed by atoms with E-state index >= 15 is 0 Å². The predicted molar refractivity (Wildman–Crippen MR) is 99.2 cm³/mol. The van der Waals surface area contributed by atoms with Crippen molar-refractivity contribution in [3.8, 4) is 11.5 Å². The van der Waals surface area contributed by atoms with E-state index in [1.54, 1.807) is 50.2 Å². The summed E-state index contributed by atoms with van der Waals surface area (Å²) in [7, 11) is 0. The lowest BCUT2D eigenvalue weighted by Crippen LogP contribution is -2.04. The molecule has 0 heterocycles. The molecule has 0 saturated carbocycles. The van der Waals surface area contributed by atoms with Gasteiger partial charge in [-0.3, -0.25) is 9.59 Å². The molecule has 2 aromatic carbocycles. The Balaban J connectivity index is 2.12. The Bertz CT molecular complexity index is 745. The van der Waals surface area contributed by atoms with Crippen molar-refractivity contribution in [2.24, 2.45) is 0 Å². The largest absolute Gasteiger partial charge is 0.508 e. The second-order valence-electron chi connectivity index (χ2n) is 6.13. The second-order valence-corrected chi connectivity index (χ2v) is 6.13. The van der Waals surface area contributed by atoms with Gasteiger partial charge in [-0.05, 0) is 41.8 Å². The normalized spacial score (nSPS) is 10.4. The standard InChI is InChI=1S/C21H24O6/c1-3-20(24)26-12-16-10-14(5-7-18(16)22)9-15-6-8-19(23)17(11-15)13-27-21(25)4-2/h5-8,10-11,22-23H,3-4,9,12-13H2,1-2H3. The van der Waals surface area contributed by atoms with E-state index in [4.69, 9.17) is 9.47 Å². The first-order valence-corrected chi connectivity index (χ1v) is 8.85. The number of ether oxygens (including phenoxy) is 2. The molecule has 0 saturated heterocycles. The molecule has 0 fully saturated rings. The molecule has 2 aromatic rings. The molecule has 0 aromatic heterocycles. The molecule has 27 heavy (non-hydrogen) atoms. The Kier molecular flexibility index (Phi) is 7.23. The van der Waals surface area contributed by atoms with Crippen molar-refractivity contribution in [3.05, 3.63) is 58.7 Å². The molecule has 0 amide bonds. The third-order valence-corrected chi connectivity index (χ3v) is 4.05. The van der Waals surface area contributed by atoms with Crippen LogP contribution in [0.1, 0.15) is 48.9 Å². The molecule has 2 N–H and O–H groups in total. The maximum atomic E-state index is 11.3. The van der Waals surface area contributed by atoms with Crippen LogP contribution in [0, 0.1) is 0 Å². The number of aromatic hydroxyl groups is 2. The number of esters is 2. The molecule has 0 aliphatic heterocycles. The fourth-order valence-electron chi connectivity index (χ4n) is 2.49. The Morgan fingerprint density at radius 3 is 1.56 bits per heavy atom. The molecular formula is C21H24O6. The minimum absolute atomic E-state index is 0.0140. The average molecular weight is 372 g/mol. The summed E-state index contributed by atoms with van der Waals surface area (Å²) in [5, 5.41) is 19.9. The van der Waals surface area contributed by atoms with Crippen LogP contribution in [0.4, 0.5) is 0 Å². The number of phenols is 2. The van der Waals surface area contributed by atoms with Crippen LogP contribution in [0.5, 0.6) is 11.5 Å². The third kappa shape index (κ3) is 6.02. The van der Waals surface area contributed by atoms with Gasteiger partial charge >= 0.3 is 11.9 Å². The van der Waals surface area contributed by atoms with Crippen LogP contribution in [0.25, 0.3) is 0 Å². The minimum atomic E-state index is -0.329. The molecule has 0 atom stereocenters. The van der Waals surface area contributed by atoms with Gasteiger partial charge in [0.25, 0.3) is 0 Å². The number of benzene rings is 2. The quantitative estimate of drug-likeness (QED) is 0.688. The molecule has 144 valence electrons. The summed E-state index contributed by atoms with van der Waals surface area (Å²) in [6.45, 7) is 3.44. The van der Waals surface area contributed by atoms with Crippen molar-refractivity contribution in [3.63, 3.8) is 0 Å². The van der Waals surface area contributed by atoms with Crippen molar-refractivity contribution in [1.29, 1.82) is 0 Å². The van der Waals surface area contributed by atoms with E-state index in [1.807, 2.05) is 0 Å². The number of hydrogen-bond donors (Lipinski definition) is 2. The summed E-state index contributed by atoms with van der Waals surface area (Å²) in [4.78, 5) is 22.6. The van der Waals surface area contributed by atoms with E-state index in [0.717, 1.165) is 11.1 Å². The van der Waals surface area contributed by atoms with Gasteiger partial charge in [0.15, 0.2) is 0 Å². The first kappa shape index (κ1) is 20.3. The van der Waals surface area contributed by atoms with Gasteiger partial charge in [0, 0.05) is 24.0 Å². The highest BCUT2D eigenvalue weighted by atomic mass is 16.5. The number of carbonyl (C=O) groups is 2. The lowest BCUT2D eigenvalue weighted by Gasteiger charge is -2.11. The SMILES string of the molecule is CCC(=O)OCc1cc(Cc2ccc(O)c(COC(=O)CC)c2)ccc1O. The van der Waals surface area contributed by atoms with E-state index in [9.17, 15) is 19.8 Å². The van der Waals surface area contributed by atoms with E-state index in [-0.39, 0.29) is 49.5 Å². The highest BCUT2D eigenvalue weighted by Crippen LogP contribution is 2.24. The summed E-state index contributed by atoms with van der Waals surface area (Å²) in [5.41, 5.74) is 2.89. The summed E-state index contributed by atoms with van der Waals surface area (Å²) in [6, 6.07) is 10.3. The van der Waals surface area contributed by atoms with Gasteiger partial charge in [-0.1, -0.05) is 26.0 Å². The molecular weight excluding hydrogens is 348 g/mol. The lowest BCUT2D eigenvalue weighted by atomic mass is 10.0. The molecule has 0 aliphatic rings. The zero-order valence-electron chi connectivity index (χ0n) is 15.5. The maximum absolute atomic E-state index is 11.3. The van der Waals surface area contributed by atoms with E-state index < -0.39 is 0 Å². The van der Waals surface area contributed by atoms with Gasteiger partial charge in [0.2, 0.25) is 0 Å². The van der Waals surface area contributed by atoms with Gasteiger partial charge in [0.1, 0.15) is 24.7 Å². The van der Waals surface area contributed by atoms with Crippen LogP contribution in [-0.4, -0.2) is 22.2 Å². The number of carbonyl (C=O) groups excluding carboxylic acids is 2. The fourth-order valence-corrected chi connectivity index (χ4v) is 2.49. The van der Waals surface area contributed by atoms with Gasteiger partial charge in [-0.2, -0.15) is 0 Å². The van der Waals surface area contributed by atoms with E-state index in [2.05, 4.69) is 0 Å². The van der Waals surface area contributed by atoms with Crippen molar-refractivity contribution in [2.45, 2.75) is 46.3 Å².